The summed E-state index contributed by atoms with van der Waals surface area (Å²) in [6.45, 7) is 0.812. The fraction of sp³-hybridized carbons (Fsp3) is 0.238. The number of benzene rings is 2. The number of fused-ring (bicyclic) bond motifs is 1. The van der Waals surface area contributed by atoms with Crippen LogP contribution in [0.25, 0.3) is 10.8 Å². The Balaban J connectivity index is 1.48. The van der Waals surface area contributed by atoms with E-state index in [-0.39, 0.29) is 18.6 Å². The topological polar surface area (TPSA) is 42.4 Å². The first-order chi connectivity index (χ1) is 12.7. The van der Waals surface area contributed by atoms with Gasteiger partial charge in [0.2, 0.25) is 0 Å². The Morgan fingerprint density at radius 2 is 1.96 bits per heavy atom. The zero-order valence-electron chi connectivity index (χ0n) is 14.3. The summed E-state index contributed by atoms with van der Waals surface area (Å²) in [7, 11) is 0. The standard InChI is InChI=1S/C21H19BrN2O2/c22-21-17-5-2-1-4-15(17)7-8-19(21)26-14-20(25)24-13-3-6-18(24)16-9-11-23-12-10-16/h1-2,4-5,7-12,18H,3,6,13-14H2/t18-/m0/s1. The molecule has 0 spiro atoms. The molecule has 1 aliphatic rings. The number of carbonyl (C=O) groups is 1. The van der Waals surface area contributed by atoms with Gasteiger partial charge in [-0.3, -0.25) is 9.78 Å². The first-order valence-corrected chi connectivity index (χ1v) is 9.53. The lowest BCUT2D eigenvalue weighted by Gasteiger charge is -2.25. The first kappa shape index (κ1) is 17.0. The lowest BCUT2D eigenvalue weighted by atomic mass is 10.1. The zero-order valence-corrected chi connectivity index (χ0v) is 15.9. The molecule has 132 valence electrons. The summed E-state index contributed by atoms with van der Waals surface area (Å²) in [6, 6.07) is 16.1. The van der Waals surface area contributed by atoms with Crippen LogP contribution in [-0.2, 0) is 4.79 Å². The third-order valence-corrected chi connectivity index (χ3v) is 5.66. The van der Waals surface area contributed by atoms with E-state index in [1.54, 1.807) is 12.4 Å². The van der Waals surface area contributed by atoms with Gasteiger partial charge in [0.15, 0.2) is 6.61 Å². The average molecular weight is 411 g/mol. The molecule has 0 unspecified atom stereocenters. The van der Waals surface area contributed by atoms with E-state index >= 15 is 0 Å². The zero-order chi connectivity index (χ0) is 17.9. The number of hydrogen-bond donors (Lipinski definition) is 0. The van der Waals surface area contributed by atoms with Crippen LogP contribution in [0, 0.1) is 0 Å². The van der Waals surface area contributed by atoms with Crippen LogP contribution in [0.1, 0.15) is 24.4 Å². The molecule has 1 aromatic heterocycles. The van der Waals surface area contributed by atoms with Crippen LogP contribution in [-0.4, -0.2) is 28.9 Å². The molecule has 0 bridgehead atoms. The molecule has 1 saturated heterocycles. The maximum absolute atomic E-state index is 12.7. The summed E-state index contributed by atoms with van der Waals surface area (Å²) in [5.74, 6) is 0.709. The molecule has 1 fully saturated rings. The minimum Gasteiger partial charge on any atom is -0.483 e. The monoisotopic (exact) mass is 410 g/mol. The Morgan fingerprint density at radius 3 is 2.81 bits per heavy atom. The van der Waals surface area contributed by atoms with E-state index < -0.39 is 0 Å². The number of rotatable bonds is 4. The molecule has 1 amide bonds. The molecule has 0 radical (unpaired) electrons. The fourth-order valence-corrected chi connectivity index (χ4v) is 4.15. The van der Waals surface area contributed by atoms with Crippen LogP contribution in [0.15, 0.2) is 65.4 Å². The number of likely N-dealkylation sites (tertiary alicyclic amines) is 1. The van der Waals surface area contributed by atoms with Crippen molar-refractivity contribution in [3.63, 3.8) is 0 Å². The lowest BCUT2D eigenvalue weighted by Crippen LogP contribution is -2.34. The highest BCUT2D eigenvalue weighted by molar-refractivity contribution is 9.10. The molecule has 1 atom stereocenters. The molecule has 2 aromatic carbocycles. The molecule has 0 N–H and O–H groups in total. The smallest absolute Gasteiger partial charge is 0.261 e. The minimum atomic E-state index is 0.0179. The quantitative estimate of drug-likeness (QED) is 0.623. The molecule has 1 aliphatic heterocycles. The van der Waals surface area contributed by atoms with Crippen LogP contribution >= 0.6 is 15.9 Å². The summed E-state index contributed by atoms with van der Waals surface area (Å²) < 4.78 is 6.74. The highest BCUT2D eigenvalue weighted by Gasteiger charge is 2.30. The van der Waals surface area contributed by atoms with Gasteiger partial charge in [0, 0.05) is 18.9 Å². The predicted octanol–water partition coefficient (Wildman–Crippen LogP) is 4.74. The number of carbonyl (C=O) groups excluding carboxylic acids is 1. The first-order valence-electron chi connectivity index (χ1n) is 8.73. The number of halogens is 1. The molecular weight excluding hydrogens is 392 g/mol. The molecule has 3 aromatic rings. The van der Waals surface area contributed by atoms with Gasteiger partial charge >= 0.3 is 0 Å². The van der Waals surface area contributed by atoms with E-state index in [2.05, 4.69) is 27.0 Å². The van der Waals surface area contributed by atoms with Crippen molar-refractivity contribution in [2.45, 2.75) is 18.9 Å². The molecular formula is C21H19BrN2O2. The Kier molecular flexibility index (Phi) is 4.89. The predicted molar refractivity (Wildman–Crippen MR) is 105 cm³/mol. The van der Waals surface area contributed by atoms with Crippen molar-refractivity contribution < 1.29 is 9.53 Å². The van der Waals surface area contributed by atoms with Crippen molar-refractivity contribution in [1.82, 2.24) is 9.88 Å². The van der Waals surface area contributed by atoms with Gasteiger partial charge in [0.1, 0.15) is 5.75 Å². The third kappa shape index (κ3) is 3.31. The Labute approximate surface area is 160 Å². The van der Waals surface area contributed by atoms with E-state index in [0.717, 1.165) is 40.2 Å². The van der Waals surface area contributed by atoms with Crippen molar-refractivity contribution in [1.29, 1.82) is 0 Å². The van der Waals surface area contributed by atoms with Gasteiger partial charge in [-0.1, -0.05) is 30.3 Å². The van der Waals surface area contributed by atoms with Gasteiger partial charge in [-0.15, -0.1) is 0 Å². The SMILES string of the molecule is O=C(COc1ccc2ccccc2c1Br)N1CCC[C@H]1c1ccncc1. The van der Waals surface area contributed by atoms with Gasteiger partial charge in [0.05, 0.1) is 10.5 Å². The van der Waals surface area contributed by atoms with Crippen molar-refractivity contribution in [2.75, 3.05) is 13.2 Å². The fourth-order valence-electron chi connectivity index (χ4n) is 3.54. The number of aromatic nitrogens is 1. The van der Waals surface area contributed by atoms with E-state index in [4.69, 9.17) is 4.74 Å². The van der Waals surface area contributed by atoms with Crippen molar-refractivity contribution >= 4 is 32.6 Å². The molecule has 5 heteroatoms. The summed E-state index contributed by atoms with van der Waals surface area (Å²) >= 11 is 3.61. The third-order valence-electron chi connectivity index (χ3n) is 4.84. The number of pyridine rings is 1. The van der Waals surface area contributed by atoms with Gasteiger partial charge in [0.25, 0.3) is 5.91 Å². The Bertz CT molecular complexity index is 930. The highest BCUT2D eigenvalue weighted by atomic mass is 79.9. The maximum Gasteiger partial charge on any atom is 0.261 e. The molecule has 0 aliphatic carbocycles. The maximum atomic E-state index is 12.7. The molecule has 4 rings (SSSR count). The molecule has 2 heterocycles. The number of nitrogens with zero attached hydrogens (tertiary/aromatic N) is 2. The second kappa shape index (κ2) is 7.46. The second-order valence-electron chi connectivity index (χ2n) is 6.41. The number of amides is 1. The second-order valence-corrected chi connectivity index (χ2v) is 7.21. The number of ether oxygens (including phenoxy) is 1. The van der Waals surface area contributed by atoms with Crippen molar-refractivity contribution in [2.24, 2.45) is 0 Å². The van der Waals surface area contributed by atoms with Crippen LogP contribution in [0.2, 0.25) is 0 Å². The van der Waals surface area contributed by atoms with E-state index in [1.165, 1.54) is 0 Å². The molecule has 0 saturated carbocycles. The number of hydrogen-bond acceptors (Lipinski definition) is 3. The van der Waals surface area contributed by atoms with Crippen molar-refractivity contribution in [3.8, 4) is 5.75 Å². The minimum absolute atomic E-state index is 0.0179. The summed E-state index contributed by atoms with van der Waals surface area (Å²) in [4.78, 5) is 18.7. The van der Waals surface area contributed by atoms with Gasteiger partial charge in [-0.05, 0) is 63.3 Å². The van der Waals surface area contributed by atoms with E-state index in [0.29, 0.717) is 5.75 Å². The van der Waals surface area contributed by atoms with E-state index in [9.17, 15) is 4.79 Å². The van der Waals surface area contributed by atoms with Crippen molar-refractivity contribution in [3.05, 3.63) is 71.0 Å². The van der Waals surface area contributed by atoms with Gasteiger partial charge in [-0.25, -0.2) is 0 Å². The van der Waals surface area contributed by atoms with Gasteiger partial charge in [-0.2, -0.15) is 0 Å². The Morgan fingerprint density at radius 1 is 1.15 bits per heavy atom. The van der Waals surface area contributed by atoms with Crippen LogP contribution < -0.4 is 4.74 Å². The summed E-state index contributed by atoms with van der Waals surface area (Å²) in [6.07, 6.45) is 5.55. The van der Waals surface area contributed by atoms with E-state index in [1.807, 2.05) is 47.4 Å². The summed E-state index contributed by atoms with van der Waals surface area (Å²) in [5.41, 5.74) is 1.14. The summed E-state index contributed by atoms with van der Waals surface area (Å²) in [5, 5.41) is 2.21. The van der Waals surface area contributed by atoms with Gasteiger partial charge < -0.3 is 9.64 Å². The molecule has 26 heavy (non-hydrogen) atoms. The average Bonchev–Trinajstić information content (AvgIpc) is 3.18. The molecule has 4 nitrogen and oxygen atoms in total. The normalized spacial score (nSPS) is 16.8. The highest BCUT2D eigenvalue weighted by Crippen LogP contribution is 2.34. The van der Waals surface area contributed by atoms with Crippen LogP contribution in [0.3, 0.4) is 0 Å². The van der Waals surface area contributed by atoms with Crippen LogP contribution in [0.5, 0.6) is 5.75 Å². The lowest BCUT2D eigenvalue weighted by molar-refractivity contribution is -0.134. The van der Waals surface area contributed by atoms with Crippen LogP contribution in [0.4, 0.5) is 0 Å². The Hall–Kier alpha value is -2.40. The largest absolute Gasteiger partial charge is 0.483 e.